The van der Waals surface area contributed by atoms with Crippen LogP contribution < -0.4 is 10.6 Å². The summed E-state index contributed by atoms with van der Waals surface area (Å²) in [7, 11) is -3.80. The lowest BCUT2D eigenvalue weighted by atomic mass is 9.91. The van der Waals surface area contributed by atoms with Gasteiger partial charge in [-0.05, 0) is 101 Å². The van der Waals surface area contributed by atoms with Gasteiger partial charge in [0, 0.05) is 38.0 Å². The molecule has 0 spiro atoms. The molecule has 0 bridgehead atoms. The Kier molecular flexibility index (Phi) is 19.1. The molecule has 4 aliphatic heterocycles. The van der Waals surface area contributed by atoms with Crippen molar-refractivity contribution in [1.82, 2.24) is 19.2 Å². The zero-order chi connectivity index (χ0) is 46.1. The molecule has 0 saturated carbocycles. The van der Waals surface area contributed by atoms with E-state index in [1.54, 1.807) is 81.6 Å². The van der Waals surface area contributed by atoms with Gasteiger partial charge in [-0.1, -0.05) is 45.8 Å². The van der Waals surface area contributed by atoms with Crippen LogP contribution in [0.4, 0.5) is 9.59 Å². The number of ether oxygens (including phenoxy) is 4. The van der Waals surface area contributed by atoms with E-state index in [-0.39, 0.29) is 39.7 Å². The minimum absolute atomic E-state index is 0. The second-order valence-corrected chi connectivity index (χ2v) is 28.3. The van der Waals surface area contributed by atoms with E-state index in [2.05, 4.69) is 47.2 Å². The van der Waals surface area contributed by atoms with Crippen molar-refractivity contribution in [2.75, 3.05) is 31.1 Å². The van der Waals surface area contributed by atoms with Crippen molar-refractivity contribution in [3.05, 3.63) is 41.1 Å². The van der Waals surface area contributed by atoms with Crippen LogP contribution in [-0.2, 0) is 59.1 Å². The fraction of sp³-hybridized carbons (Fsp3) is 0.636. The second kappa shape index (κ2) is 21.2. The number of fused-ring (bicyclic) bond motifs is 2. The van der Waals surface area contributed by atoms with Crippen LogP contribution in [-0.4, -0.2) is 111 Å². The maximum Gasteiger partial charge on any atom is 0.414 e. The Morgan fingerprint density at radius 1 is 0.887 bits per heavy atom. The lowest BCUT2D eigenvalue weighted by molar-refractivity contribution is 0.00286. The third-order valence-corrected chi connectivity index (χ3v) is 20.5. The summed E-state index contributed by atoms with van der Waals surface area (Å²) in [5.74, 6) is -0.243. The van der Waals surface area contributed by atoms with E-state index >= 15 is 0 Å². The monoisotopic (exact) mass is 1320 g/mol. The molecule has 18 nitrogen and oxygen atoms in total. The highest BCUT2D eigenvalue weighted by Gasteiger charge is 2.59. The topological polar surface area (TPSA) is 229 Å². The molecule has 0 radical (unpaired) electrons. The highest BCUT2D eigenvalue weighted by molar-refractivity contribution is 14.1. The molecule has 2 fully saturated rings. The molecule has 4 aliphatic rings. The van der Waals surface area contributed by atoms with Crippen LogP contribution >= 0.6 is 119 Å². The lowest BCUT2D eigenvalue weighted by Crippen LogP contribution is -2.61. The van der Waals surface area contributed by atoms with Gasteiger partial charge in [-0.2, -0.15) is 0 Å². The van der Waals surface area contributed by atoms with Gasteiger partial charge in [0.05, 0.1) is 23.6 Å². The number of carbonyl (C=O) groups excluding carboxylic acids is 2. The summed E-state index contributed by atoms with van der Waals surface area (Å²) in [6, 6.07) is 3.40. The molecule has 2 unspecified atom stereocenters. The van der Waals surface area contributed by atoms with Crippen LogP contribution in [0.25, 0.3) is 0 Å². The number of amides is 2. The van der Waals surface area contributed by atoms with Gasteiger partial charge < -0.3 is 18.9 Å². The molecule has 6 rings (SSSR count). The zero-order valence-corrected chi connectivity index (χ0v) is 46.8. The normalized spacial score (nSPS) is 25.3. The van der Waals surface area contributed by atoms with Gasteiger partial charge in [0.25, 0.3) is 20.0 Å². The van der Waals surface area contributed by atoms with Crippen molar-refractivity contribution in [3.63, 3.8) is 0 Å². The Balaban J connectivity index is 0.000000288. The molecule has 2 saturated heterocycles. The molecule has 4 atom stereocenters. The highest BCUT2D eigenvalue weighted by Crippen LogP contribution is 2.51. The maximum atomic E-state index is 13.2. The van der Waals surface area contributed by atoms with E-state index in [1.807, 2.05) is 0 Å². The Morgan fingerprint density at radius 3 is 1.61 bits per heavy atom. The lowest BCUT2D eigenvalue weighted by Gasteiger charge is -2.45. The predicted molar refractivity (Wildman–Crippen MR) is 264 cm³/mol. The van der Waals surface area contributed by atoms with Gasteiger partial charge in [-0.25, -0.2) is 53.4 Å². The Hall–Kier alpha value is -0.540. The number of alkyl carbamates (subject to hydrolysis) is 2. The third kappa shape index (κ3) is 13.1. The molecule has 2 N–H and O–H groups in total. The first kappa shape index (κ1) is 55.8. The number of guanidine groups is 2. The van der Waals surface area contributed by atoms with Crippen molar-refractivity contribution in [2.45, 2.75) is 100 Å². The summed E-state index contributed by atoms with van der Waals surface area (Å²) in [4.78, 5) is 34.9. The molecule has 29 heteroatoms. The number of nitrogens with one attached hydrogen (secondary N) is 2. The van der Waals surface area contributed by atoms with Crippen molar-refractivity contribution in [3.8, 4) is 0 Å². The number of halogens is 6. The Morgan fingerprint density at radius 2 is 1.29 bits per heavy atom. The number of hydrogen-bond acceptors (Lipinski definition) is 16. The summed E-state index contributed by atoms with van der Waals surface area (Å²) in [6.45, 7) is 10.9. The first-order valence-corrected chi connectivity index (χ1v) is 28.2. The number of sulfonamides is 2. The zero-order valence-electron chi connectivity index (χ0n) is 34.4. The Bertz CT molecular complexity index is 2380. The maximum absolute atomic E-state index is 13.2. The van der Waals surface area contributed by atoms with Crippen molar-refractivity contribution < 1.29 is 53.8 Å². The van der Waals surface area contributed by atoms with Crippen LogP contribution in [0.1, 0.15) is 77.0 Å². The smallest absolute Gasteiger partial charge is 0.414 e. The van der Waals surface area contributed by atoms with Crippen molar-refractivity contribution in [1.29, 1.82) is 0 Å². The van der Waals surface area contributed by atoms with Crippen LogP contribution in [0.15, 0.2) is 31.3 Å². The highest BCUT2D eigenvalue weighted by atomic mass is 127. The summed E-state index contributed by atoms with van der Waals surface area (Å²) in [6.07, 6.45) is 0.488. The number of hydrogen-bond donors (Lipinski definition) is 2. The van der Waals surface area contributed by atoms with E-state index in [1.165, 1.54) is 36.8 Å². The number of aliphatic imine (C=N–C) groups is 2. The molecule has 6 heterocycles. The molecule has 0 aliphatic carbocycles. The molecular weight excluding hydrogens is 1270 g/mol. The first-order chi connectivity index (χ1) is 27.9. The van der Waals surface area contributed by atoms with E-state index in [4.69, 9.17) is 42.1 Å². The number of rotatable bonds is 3. The van der Waals surface area contributed by atoms with E-state index < -0.39 is 74.4 Å². The standard InChI is InChI=1S/C16H21BrClN3O5S2.C16H22ClN3O5S2.CH2ClIO2S.HI/c1-15(2,3)26-14(22)19-13-20-16(11-9(18)8-10(17)27-11)6-5-7-25-12(16)28(23,24)21(13)4;1-15(2,3)25-14(21)18-13-19-16(11-10(17)6-9-26-11)7-5-8-24-12(16)27(22,23)20(13)4;2-6(4,5)1-3;/h8,12H,5-7H2,1-4H3,(H,19,20,22);6,9,12H,5,7-8H2,1-4H3,(H,18,19,21);1H2;1H/t2*12?,16-;;/m11../s1. The van der Waals surface area contributed by atoms with Crippen LogP contribution in [0, 0.1) is 0 Å². The number of thiophene rings is 2. The number of alkyl halides is 1. The second-order valence-electron chi connectivity index (χ2n) is 15.6. The van der Waals surface area contributed by atoms with Crippen molar-refractivity contribution in [2.24, 2.45) is 9.98 Å². The molecule has 2 aromatic rings. The summed E-state index contributed by atoms with van der Waals surface area (Å²) >= 11 is 20.4. The molecule has 2 aromatic heterocycles. The fourth-order valence-electron chi connectivity index (χ4n) is 6.29. The van der Waals surface area contributed by atoms with E-state index in [9.17, 15) is 34.8 Å². The molecular formula is C33H46BrCl3I2N6O12S5. The largest absolute Gasteiger partial charge is 0.444 e. The minimum Gasteiger partial charge on any atom is -0.444 e. The van der Waals surface area contributed by atoms with Gasteiger partial charge in [-0.3, -0.25) is 10.6 Å². The quantitative estimate of drug-likeness (QED) is 0.169. The molecule has 0 aromatic carbocycles. The predicted octanol–water partition coefficient (Wildman–Crippen LogP) is 8.11. The minimum atomic E-state index is -3.97. The summed E-state index contributed by atoms with van der Waals surface area (Å²) < 4.78 is 96.5. The van der Waals surface area contributed by atoms with Crippen LogP contribution in [0.3, 0.4) is 0 Å². The molecule has 352 valence electrons. The summed E-state index contributed by atoms with van der Waals surface area (Å²) in [5, 5.41) is 7.53. The van der Waals surface area contributed by atoms with Gasteiger partial charge in [0.2, 0.25) is 31.8 Å². The van der Waals surface area contributed by atoms with E-state index in [0.717, 1.165) is 12.4 Å². The average Bonchev–Trinajstić information content (AvgIpc) is 3.72. The van der Waals surface area contributed by atoms with Gasteiger partial charge >= 0.3 is 12.2 Å². The van der Waals surface area contributed by atoms with Gasteiger partial charge in [0.1, 0.15) is 26.0 Å². The Labute approximate surface area is 423 Å². The molecule has 2 amide bonds. The van der Waals surface area contributed by atoms with E-state index in [0.29, 0.717) is 58.7 Å². The molecule has 62 heavy (non-hydrogen) atoms. The third-order valence-electron chi connectivity index (χ3n) is 8.65. The number of carbonyl (C=O) groups is 2. The SMILES string of the molecule is CN1C(NC(=O)OC(C)(C)C)=N[C@@]2(c3sc(Br)cc3Cl)CCCOC2S1(=O)=O.CN1C(NC(=O)OC(C)(C)C)=N[C@@]2(c3sccc3Cl)CCCOC2S1(=O)=O.I.O=S(=O)(Cl)CI. The summed E-state index contributed by atoms with van der Waals surface area (Å²) in [5.41, 5.74) is -6.37. The van der Waals surface area contributed by atoms with Gasteiger partial charge in [0.15, 0.2) is 0 Å². The van der Waals surface area contributed by atoms with Crippen LogP contribution in [0.2, 0.25) is 10.0 Å². The first-order valence-electron chi connectivity index (χ1n) is 18.0. The van der Waals surface area contributed by atoms with Gasteiger partial charge in [-0.15, -0.1) is 46.7 Å². The van der Waals surface area contributed by atoms with Crippen LogP contribution in [0.5, 0.6) is 0 Å². The fourth-order valence-corrected chi connectivity index (χ4v) is 13.4. The van der Waals surface area contributed by atoms with Crippen molar-refractivity contribution >= 4 is 172 Å². The average molecular weight is 1320 g/mol. The number of nitrogens with zero attached hydrogens (tertiary/aromatic N) is 4.